The number of anilines is 1. The van der Waals surface area contributed by atoms with Gasteiger partial charge in [0, 0.05) is 11.3 Å². The fraction of sp³-hybridized carbons (Fsp3) is 0.235. The molecule has 0 aromatic heterocycles. The van der Waals surface area contributed by atoms with Crippen molar-refractivity contribution in [2.24, 2.45) is 5.73 Å². The summed E-state index contributed by atoms with van der Waals surface area (Å²) in [6.45, 7) is 1.03. The zero-order chi connectivity index (χ0) is 14.7. The Balaban J connectivity index is 1.70. The van der Waals surface area contributed by atoms with Gasteiger partial charge >= 0.3 is 0 Å². The maximum absolute atomic E-state index is 12.4. The highest BCUT2D eigenvalue weighted by molar-refractivity contribution is 5.96. The van der Waals surface area contributed by atoms with Crippen molar-refractivity contribution in [1.29, 1.82) is 0 Å². The molecule has 0 saturated heterocycles. The van der Waals surface area contributed by atoms with Gasteiger partial charge in [-0.15, -0.1) is 0 Å². The van der Waals surface area contributed by atoms with E-state index in [4.69, 9.17) is 10.5 Å². The summed E-state index contributed by atoms with van der Waals surface area (Å²) in [4.78, 5) is 12.4. The lowest BCUT2D eigenvalue weighted by Crippen LogP contribution is -2.22. The van der Waals surface area contributed by atoms with E-state index in [2.05, 4.69) is 5.32 Å². The van der Waals surface area contributed by atoms with Gasteiger partial charge in [0.05, 0.1) is 0 Å². The molecule has 2 aromatic rings. The maximum atomic E-state index is 12.4. The van der Waals surface area contributed by atoms with Gasteiger partial charge in [-0.2, -0.15) is 0 Å². The molecule has 0 fully saturated rings. The number of ether oxygens (including phenoxy) is 1. The highest BCUT2D eigenvalue weighted by Crippen LogP contribution is 2.34. The van der Waals surface area contributed by atoms with Gasteiger partial charge in [-0.05, 0) is 36.7 Å². The Morgan fingerprint density at radius 3 is 2.71 bits per heavy atom. The number of benzene rings is 2. The van der Waals surface area contributed by atoms with Crippen molar-refractivity contribution < 1.29 is 9.53 Å². The zero-order valence-electron chi connectivity index (χ0n) is 11.7. The van der Waals surface area contributed by atoms with Crippen LogP contribution in [0.25, 0.3) is 0 Å². The molecule has 3 N–H and O–H groups in total. The number of nitrogens with one attached hydrogen (secondary N) is 1. The Bertz CT molecular complexity index is 637. The molecule has 0 aliphatic carbocycles. The SMILES string of the molecule is NCCc1ccc(NC(=O)C2COc3ccccc32)cc1. The first-order valence-corrected chi connectivity index (χ1v) is 7.09. The summed E-state index contributed by atoms with van der Waals surface area (Å²) >= 11 is 0. The molecule has 1 aliphatic rings. The van der Waals surface area contributed by atoms with Crippen LogP contribution in [0.4, 0.5) is 5.69 Å². The van der Waals surface area contributed by atoms with E-state index in [1.54, 1.807) is 0 Å². The van der Waals surface area contributed by atoms with Crippen LogP contribution in [0.15, 0.2) is 48.5 Å². The van der Waals surface area contributed by atoms with Gasteiger partial charge in [0.15, 0.2) is 0 Å². The van der Waals surface area contributed by atoms with Crippen molar-refractivity contribution in [3.63, 3.8) is 0 Å². The van der Waals surface area contributed by atoms with Crippen LogP contribution < -0.4 is 15.8 Å². The van der Waals surface area contributed by atoms with Crippen LogP contribution >= 0.6 is 0 Å². The number of carbonyl (C=O) groups excluding carboxylic acids is 1. The van der Waals surface area contributed by atoms with Crippen LogP contribution in [0.2, 0.25) is 0 Å². The number of para-hydroxylation sites is 1. The normalized spacial score (nSPS) is 16.1. The van der Waals surface area contributed by atoms with E-state index in [0.29, 0.717) is 13.2 Å². The van der Waals surface area contributed by atoms with E-state index in [1.165, 1.54) is 5.56 Å². The zero-order valence-corrected chi connectivity index (χ0v) is 11.7. The predicted octanol–water partition coefficient (Wildman–Crippen LogP) is 2.30. The standard InChI is InChI=1S/C17H18N2O2/c18-10-9-12-5-7-13(8-6-12)19-17(20)15-11-21-16-4-2-1-3-14(15)16/h1-8,15H,9-11,18H2,(H,19,20). The molecule has 0 spiro atoms. The molecular weight excluding hydrogens is 264 g/mol. The fourth-order valence-electron chi connectivity index (χ4n) is 2.53. The minimum atomic E-state index is -0.245. The number of hydrogen-bond acceptors (Lipinski definition) is 3. The number of carbonyl (C=O) groups is 1. The summed E-state index contributed by atoms with van der Waals surface area (Å²) in [5, 5.41) is 2.94. The highest BCUT2D eigenvalue weighted by atomic mass is 16.5. The Kier molecular flexibility index (Phi) is 3.88. The first-order chi connectivity index (χ1) is 10.3. The van der Waals surface area contributed by atoms with E-state index in [9.17, 15) is 4.79 Å². The lowest BCUT2D eigenvalue weighted by Gasteiger charge is -2.10. The van der Waals surface area contributed by atoms with Gasteiger partial charge in [0.25, 0.3) is 0 Å². The molecule has 1 aliphatic heterocycles. The quantitative estimate of drug-likeness (QED) is 0.904. The third kappa shape index (κ3) is 2.90. The number of rotatable bonds is 4. The molecule has 1 atom stereocenters. The van der Waals surface area contributed by atoms with E-state index < -0.39 is 0 Å². The molecule has 1 amide bonds. The summed E-state index contributed by atoms with van der Waals surface area (Å²) in [7, 11) is 0. The van der Waals surface area contributed by atoms with E-state index in [0.717, 1.165) is 23.4 Å². The second-order valence-electron chi connectivity index (χ2n) is 5.13. The van der Waals surface area contributed by atoms with Gasteiger partial charge in [0.2, 0.25) is 5.91 Å². The number of fused-ring (bicyclic) bond motifs is 1. The molecule has 4 heteroatoms. The number of hydrogen-bond donors (Lipinski definition) is 2. The molecule has 0 bridgehead atoms. The first-order valence-electron chi connectivity index (χ1n) is 7.09. The van der Waals surface area contributed by atoms with Crippen molar-refractivity contribution in [3.05, 3.63) is 59.7 Å². The Morgan fingerprint density at radius 2 is 1.95 bits per heavy atom. The first kappa shape index (κ1) is 13.6. The van der Waals surface area contributed by atoms with Gasteiger partial charge < -0.3 is 15.8 Å². The Labute approximate surface area is 123 Å². The molecule has 0 radical (unpaired) electrons. The second kappa shape index (κ2) is 5.97. The maximum Gasteiger partial charge on any atom is 0.235 e. The molecule has 2 aromatic carbocycles. The molecular formula is C17H18N2O2. The van der Waals surface area contributed by atoms with Crippen molar-refractivity contribution in [2.45, 2.75) is 12.3 Å². The lowest BCUT2D eigenvalue weighted by molar-refractivity contribution is -0.117. The predicted molar refractivity (Wildman–Crippen MR) is 82.5 cm³/mol. The van der Waals surface area contributed by atoms with Crippen LogP contribution in [0, 0.1) is 0 Å². The molecule has 0 saturated carbocycles. The molecule has 3 rings (SSSR count). The van der Waals surface area contributed by atoms with Crippen LogP contribution in [0.1, 0.15) is 17.0 Å². The lowest BCUT2D eigenvalue weighted by atomic mass is 10.0. The molecule has 1 unspecified atom stereocenters. The molecule has 4 nitrogen and oxygen atoms in total. The third-order valence-corrected chi connectivity index (χ3v) is 3.67. The summed E-state index contributed by atoms with van der Waals surface area (Å²) in [5.41, 5.74) is 8.44. The molecule has 21 heavy (non-hydrogen) atoms. The minimum absolute atomic E-state index is 0.0356. The average molecular weight is 282 g/mol. The van der Waals surface area contributed by atoms with Crippen molar-refractivity contribution in [3.8, 4) is 5.75 Å². The van der Waals surface area contributed by atoms with Crippen molar-refractivity contribution in [2.75, 3.05) is 18.5 Å². The van der Waals surface area contributed by atoms with Crippen LogP contribution in [0.5, 0.6) is 5.75 Å². The van der Waals surface area contributed by atoms with Crippen LogP contribution in [0.3, 0.4) is 0 Å². The fourth-order valence-corrected chi connectivity index (χ4v) is 2.53. The number of nitrogens with two attached hydrogens (primary N) is 1. The summed E-state index contributed by atoms with van der Waals surface area (Å²) in [5.74, 6) is 0.521. The average Bonchev–Trinajstić information content (AvgIpc) is 2.93. The van der Waals surface area contributed by atoms with E-state index in [1.807, 2.05) is 48.5 Å². The monoisotopic (exact) mass is 282 g/mol. The Morgan fingerprint density at radius 1 is 1.19 bits per heavy atom. The minimum Gasteiger partial charge on any atom is -0.492 e. The van der Waals surface area contributed by atoms with Crippen molar-refractivity contribution >= 4 is 11.6 Å². The van der Waals surface area contributed by atoms with Gasteiger partial charge in [0.1, 0.15) is 18.3 Å². The molecule has 108 valence electrons. The van der Waals surface area contributed by atoms with Gasteiger partial charge in [-0.3, -0.25) is 4.79 Å². The van der Waals surface area contributed by atoms with Crippen molar-refractivity contribution in [1.82, 2.24) is 0 Å². The van der Waals surface area contributed by atoms with E-state index in [-0.39, 0.29) is 11.8 Å². The van der Waals surface area contributed by atoms with E-state index >= 15 is 0 Å². The van der Waals surface area contributed by atoms with Gasteiger partial charge in [-0.1, -0.05) is 30.3 Å². The van der Waals surface area contributed by atoms with Crippen LogP contribution in [-0.4, -0.2) is 19.1 Å². The summed E-state index contributed by atoms with van der Waals surface area (Å²) < 4.78 is 5.55. The summed E-state index contributed by atoms with van der Waals surface area (Å²) in [6.07, 6.45) is 0.845. The van der Waals surface area contributed by atoms with Crippen LogP contribution in [-0.2, 0) is 11.2 Å². The number of amides is 1. The largest absolute Gasteiger partial charge is 0.492 e. The van der Waals surface area contributed by atoms with Gasteiger partial charge in [-0.25, -0.2) is 0 Å². The highest BCUT2D eigenvalue weighted by Gasteiger charge is 2.29. The summed E-state index contributed by atoms with van der Waals surface area (Å²) in [6, 6.07) is 15.5. The molecule has 1 heterocycles. The smallest absolute Gasteiger partial charge is 0.235 e. The second-order valence-corrected chi connectivity index (χ2v) is 5.13. The topological polar surface area (TPSA) is 64.3 Å². The Hall–Kier alpha value is -2.33. The third-order valence-electron chi connectivity index (χ3n) is 3.67.